The van der Waals surface area contributed by atoms with Crippen LogP contribution >= 0.6 is 0 Å². The van der Waals surface area contributed by atoms with E-state index < -0.39 is 0 Å². The molecule has 0 unspecified atom stereocenters. The van der Waals surface area contributed by atoms with Crippen molar-refractivity contribution in [2.24, 2.45) is 5.73 Å². The summed E-state index contributed by atoms with van der Waals surface area (Å²) >= 11 is 0. The predicted octanol–water partition coefficient (Wildman–Crippen LogP) is 8.28. The summed E-state index contributed by atoms with van der Waals surface area (Å²) < 4.78 is 12.5. The van der Waals surface area contributed by atoms with Crippen molar-refractivity contribution in [2.75, 3.05) is 0 Å². The number of rotatable bonds is 3. The molecule has 0 atom stereocenters. The van der Waals surface area contributed by atoms with E-state index in [0.29, 0.717) is 6.54 Å². The molecule has 7 aromatic rings. The van der Waals surface area contributed by atoms with Gasteiger partial charge in [0.1, 0.15) is 22.3 Å². The molecule has 2 heterocycles. The highest BCUT2D eigenvalue weighted by Crippen LogP contribution is 2.42. The van der Waals surface area contributed by atoms with E-state index in [1.54, 1.807) is 0 Å². The largest absolute Gasteiger partial charge is 0.456 e. The van der Waals surface area contributed by atoms with Gasteiger partial charge in [0.15, 0.2) is 0 Å². The van der Waals surface area contributed by atoms with E-state index in [2.05, 4.69) is 72.8 Å². The Kier molecular flexibility index (Phi) is 4.14. The molecule has 0 aliphatic carbocycles. The second-order valence-corrected chi connectivity index (χ2v) is 8.67. The molecule has 162 valence electrons. The Morgan fingerprint density at radius 2 is 1.26 bits per heavy atom. The van der Waals surface area contributed by atoms with Crippen LogP contribution in [0.25, 0.3) is 66.1 Å². The van der Waals surface area contributed by atoms with E-state index in [1.807, 2.05) is 30.3 Å². The minimum Gasteiger partial charge on any atom is -0.456 e. The van der Waals surface area contributed by atoms with Crippen LogP contribution in [0.1, 0.15) is 5.56 Å². The molecule has 0 bridgehead atoms. The summed E-state index contributed by atoms with van der Waals surface area (Å²) in [6.45, 7) is 0.469. The zero-order valence-electron chi connectivity index (χ0n) is 18.4. The third kappa shape index (κ3) is 2.81. The first-order valence-corrected chi connectivity index (χ1v) is 11.5. The van der Waals surface area contributed by atoms with Crippen molar-refractivity contribution in [3.05, 3.63) is 109 Å². The normalized spacial score (nSPS) is 11.8. The molecule has 34 heavy (non-hydrogen) atoms. The van der Waals surface area contributed by atoms with Gasteiger partial charge in [0.05, 0.1) is 0 Å². The van der Waals surface area contributed by atoms with Crippen LogP contribution in [-0.2, 0) is 6.54 Å². The van der Waals surface area contributed by atoms with Crippen molar-refractivity contribution in [2.45, 2.75) is 6.54 Å². The molecule has 2 N–H and O–H groups in total. The van der Waals surface area contributed by atoms with Crippen LogP contribution in [-0.4, -0.2) is 0 Å². The fourth-order valence-electron chi connectivity index (χ4n) is 5.12. The van der Waals surface area contributed by atoms with E-state index in [1.165, 1.54) is 0 Å². The quantitative estimate of drug-likeness (QED) is 0.301. The monoisotopic (exact) mass is 439 g/mol. The first-order chi connectivity index (χ1) is 16.8. The van der Waals surface area contributed by atoms with Crippen LogP contribution in [0.4, 0.5) is 0 Å². The molecule has 0 radical (unpaired) electrons. The molecule has 0 aliphatic rings. The highest BCUT2D eigenvalue weighted by Gasteiger charge is 2.17. The SMILES string of the molecule is NCc1cccc2oc3ccc(-c4cc(-c5ccccc5)cc5oc6ccccc6c45)cc3c12. The van der Waals surface area contributed by atoms with Crippen LogP contribution in [0.3, 0.4) is 0 Å². The predicted molar refractivity (Wildman–Crippen MR) is 140 cm³/mol. The maximum absolute atomic E-state index is 6.32. The maximum Gasteiger partial charge on any atom is 0.136 e. The topological polar surface area (TPSA) is 52.3 Å². The zero-order valence-corrected chi connectivity index (χ0v) is 18.4. The maximum atomic E-state index is 6.32. The van der Waals surface area contributed by atoms with E-state index in [4.69, 9.17) is 14.6 Å². The van der Waals surface area contributed by atoms with Crippen molar-refractivity contribution >= 4 is 43.9 Å². The molecular formula is C31H21NO2. The highest BCUT2D eigenvalue weighted by molar-refractivity contribution is 6.15. The number of furan rings is 2. The van der Waals surface area contributed by atoms with Crippen molar-refractivity contribution in [1.29, 1.82) is 0 Å². The summed E-state index contributed by atoms with van der Waals surface area (Å²) in [5.41, 5.74) is 15.2. The van der Waals surface area contributed by atoms with Crippen LogP contribution < -0.4 is 5.73 Å². The summed E-state index contributed by atoms with van der Waals surface area (Å²) in [5.74, 6) is 0. The number of para-hydroxylation sites is 1. The van der Waals surface area contributed by atoms with Crippen LogP contribution in [0.15, 0.2) is 112 Å². The van der Waals surface area contributed by atoms with E-state index in [9.17, 15) is 0 Å². The Morgan fingerprint density at radius 1 is 0.500 bits per heavy atom. The van der Waals surface area contributed by atoms with Gasteiger partial charge in [-0.1, -0.05) is 66.7 Å². The average molecular weight is 440 g/mol. The third-order valence-electron chi connectivity index (χ3n) is 6.70. The van der Waals surface area contributed by atoms with E-state index in [0.717, 1.165) is 71.7 Å². The lowest BCUT2D eigenvalue weighted by atomic mass is 9.93. The van der Waals surface area contributed by atoms with Crippen LogP contribution in [0.2, 0.25) is 0 Å². The molecule has 0 saturated heterocycles. The van der Waals surface area contributed by atoms with Gasteiger partial charge in [-0.2, -0.15) is 0 Å². The molecule has 7 rings (SSSR count). The summed E-state index contributed by atoms with van der Waals surface area (Å²) in [4.78, 5) is 0. The molecule has 3 nitrogen and oxygen atoms in total. The van der Waals surface area contributed by atoms with Crippen LogP contribution in [0, 0.1) is 0 Å². The van der Waals surface area contributed by atoms with Gasteiger partial charge in [0.2, 0.25) is 0 Å². The molecular weight excluding hydrogens is 418 g/mol. The lowest BCUT2D eigenvalue weighted by Crippen LogP contribution is -1.96. The molecule has 5 aromatic carbocycles. The van der Waals surface area contributed by atoms with Gasteiger partial charge in [-0.05, 0) is 64.2 Å². The number of hydrogen-bond acceptors (Lipinski definition) is 3. The molecule has 0 amide bonds. The number of fused-ring (bicyclic) bond motifs is 6. The molecule has 0 aliphatic heterocycles. The van der Waals surface area contributed by atoms with E-state index in [-0.39, 0.29) is 0 Å². The first kappa shape index (κ1) is 19.2. The molecule has 0 saturated carbocycles. The summed E-state index contributed by atoms with van der Waals surface area (Å²) in [7, 11) is 0. The lowest BCUT2D eigenvalue weighted by Gasteiger charge is -2.09. The van der Waals surface area contributed by atoms with Crippen molar-refractivity contribution in [1.82, 2.24) is 0 Å². The smallest absolute Gasteiger partial charge is 0.136 e. The number of nitrogens with two attached hydrogens (primary N) is 1. The van der Waals surface area contributed by atoms with Gasteiger partial charge in [-0.3, -0.25) is 0 Å². The van der Waals surface area contributed by atoms with Crippen molar-refractivity contribution < 1.29 is 8.83 Å². The van der Waals surface area contributed by atoms with Gasteiger partial charge < -0.3 is 14.6 Å². The van der Waals surface area contributed by atoms with Gasteiger partial charge in [0, 0.05) is 28.1 Å². The average Bonchev–Trinajstić information content (AvgIpc) is 3.46. The molecule has 0 fully saturated rings. The molecule has 3 heteroatoms. The highest BCUT2D eigenvalue weighted by atomic mass is 16.3. The van der Waals surface area contributed by atoms with Gasteiger partial charge in [-0.25, -0.2) is 0 Å². The molecule has 0 spiro atoms. The minimum absolute atomic E-state index is 0.469. The Bertz CT molecular complexity index is 1840. The number of hydrogen-bond donors (Lipinski definition) is 1. The van der Waals surface area contributed by atoms with Gasteiger partial charge in [0.25, 0.3) is 0 Å². The Hall–Kier alpha value is -4.34. The second-order valence-electron chi connectivity index (χ2n) is 8.67. The Labute approximate surface area is 196 Å². The summed E-state index contributed by atoms with van der Waals surface area (Å²) in [6.07, 6.45) is 0. The van der Waals surface area contributed by atoms with Crippen molar-refractivity contribution in [3.63, 3.8) is 0 Å². The van der Waals surface area contributed by atoms with Crippen molar-refractivity contribution in [3.8, 4) is 22.3 Å². The summed E-state index contributed by atoms with van der Waals surface area (Å²) in [5, 5.41) is 4.42. The Balaban J connectivity index is 1.58. The van der Waals surface area contributed by atoms with E-state index >= 15 is 0 Å². The fraction of sp³-hybridized carbons (Fsp3) is 0.0323. The fourth-order valence-corrected chi connectivity index (χ4v) is 5.12. The first-order valence-electron chi connectivity index (χ1n) is 11.5. The molecule has 2 aromatic heterocycles. The standard InChI is InChI=1S/C31H21NO2/c32-18-21-9-6-12-28-30(21)25-15-20(13-14-27(25)33-28)24-16-22(19-7-2-1-3-8-19)17-29-31(24)23-10-4-5-11-26(23)34-29/h1-17H,18,32H2. The third-order valence-corrected chi connectivity index (χ3v) is 6.70. The Morgan fingerprint density at radius 3 is 2.15 bits per heavy atom. The minimum atomic E-state index is 0.469. The van der Waals surface area contributed by atoms with Gasteiger partial charge in [-0.15, -0.1) is 0 Å². The lowest BCUT2D eigenvalue weighted by molar-refractivity contribution is 0.668. The zero-order chi connectivity index (χ0) is 22.6. The summed E-state index contributed by atoms with van der Waals surface area (Å²) in [6, 6.07) is 35.6. The second kappa shape index (κ2) is 7.34. The van der Waals surface area contributed by atoms with Crippen LogP contribution in [0.5, 0.6) is 0 Å². The number of benzene rings is 5. The van der Waals surface area contributed by atoms with Gasteiger partial charge >= 0.3 is 0 Å².